The van der Waals surface area contributed by atoms with Crippen LogP contribution in [0.15, 0.2) is 24.4 Å². The number of hydrogen-bond acceptors (Lipinski definition) is 6. The van der Waals surface area contributed by atoms with E-state index in [0.29, 0.717) is 31.1 Å². The molecule has 5 rings (SSSR count). The van der Waals surface area contributed by atoms with Crippen molar-refractivity contribution in [1.82, 2.24) is 19.4 Å². The summed E-state index contributed by atoms with van der Waals surface area (Å²) in [6, 6.07) is 6.00. The van der Waals surface area contributed by atoms with Gasteiger partial charge in [0.15, 0.2) is 0 Å². The number of aryl methyl sites for hydroxylation is 1. The highest BCUT2D eigenvalue weighted by atomic mass is 16.5. The van der Waals surface area contributed by atoms with Crippen molar-refractivity contribution in [2.75, 3.05) is 26.0 Å². The molecule has 1 fully saturated rings. The second-order valence-electron chi connectivity index (χ2n) is 8.57. The Morgan fingerprint density at radius 1 is 1.29 bits per heavy atom. The van der Waals surface area contributed by atoms with Crippen LogP contribution in [0.25, 0.3) is 22.2 Å². The van der Waals surface area contributed by atoms with E-state index < -0.39 is 5.60 Å². The first-order chi connectivity index (χ1) is 14.9. The average molecular weight is 422 g/mol. The first-order valence-electron chi connectivity index (χ1n) is 10.7. The predicted octanol–water partition coefficient (Wildman–Crippen LogP) is 2.58. The minimum Gasteiger partial charge on any atom is -0.385 e. The lowest BCUT2D eigenvalue weighted by Crippen LogP contribution is -2.33. The molecular weight excluding hydrogens is 394 g/mol. The molecule has 0 saturated heterocycles. The van der Waals surface area contributed by atoms with Crippen LogP contribution in [0.4, 0.5) is 5.95 Å². The molecule has 2 aromatic heterocycles. The molecular formula is C23H27N5O3. The molecule has 8 heteroatoms. The lowest BCUT2D eigenvalue weighted by atomic mass is 9.90. The molecule has 8 nitrogen and oxygen atoms in total. The number of nitrogens with zero attached hydrogens (tertiary/aromatic N) is 4. The van der Waals surface area contributed by atoms with Gasteiger partial charge < -0.3 is 25.0 Å². The van der Waals surface area contributed by atoms with Crippen LogP contribution in [0, 0.1) is 0 Å². The molecule has 1 amide bonds. The SMILES string of the molecule is COCCN1Cc2cnc(N)nc2-c2c(n(C)c3ccc(C4(O)CCCC4)cc23)C1=O. The molecule has 0 atom stereocenters. The monoisotopic (exact) mass is 421 g/mol. The predicted molar refractivity (Wildman–Crippen MR) is 117 cm³/mol. The topological polar surface area (TPSA) is 106 Å². The summed E-state index contributed by atoms with van der Waals surface area (Å²) < 4.78 is 7.14. The number of carbonyl (C=O) groups excluding carboxylic acids is 1. The Morgan fingerprint density at radius 2 is 2.06 bits per heavy atom. The highest BCUT2D eigenvalue weighted by Gasteiger charge is 2.36. The zero-order chi connectivity index (χ0) is 21.8. The van der Waals surface area contributed by atoms with Gasteiger partial charge in [-0.05, 0) is 30.5 Å². The number of nitrogens with two attached hydrogens (primary N) is 1. The highest BCUT2D eigenvalue weighted by molar-refractivity contribution is 6.11. The number of rotatable bonds is 4. The average Bonchev–Trinajstić information content (AvgIpc) is 3.30. The molecule has 3 heterocycles. The molecule has 2 aliphatic rings. The number of amides is 1. The summed E-state index contributed by atoms with van der Waals surface area (Å²) in [5, 5.41) is 12.1. The minimum atomic E-state index is -0.816. The van der Waals surface area contributed by atoms with E-state index in [1.165, 1.54) is 0 Å². The van der Waals surface area contributed by atoms with E-state index in [4.69, 9.17) is 10.5 Å². The Kier molecular flexibility index (Phi) is 4.71. The number of methoxy groups -OCH3 is 1. The number of anilines is 1. The van der Waals surface area contributed by atoms with Gasteiger partial charge in [0.1, 0.15) is 5.69 Å². The van der Waals surface area contributed by atoms with Crippen LogP contribution < -0.4 is 5.73 Å². The van der Waals surface area contributed by atoms with Crippen molar-refractivity contribution < 1.29 is 14.6 Å². The van der Waals surface area contributed by atoms with Crippen LogP contribution in [0.3, 0.4) is 0 Å². The second-order valence-corrected chi connectivity index (χ2v) is 8.57. The van der Waals surface area contributed by atoms with Crippen molar-refractivity contribution in [2.45, 2.75) is 37.8 Å². The first kappa shape index (κ1) is 20.0. The third kappa shape index (κ3) is 3.09. The molecule has 0 radical (unpaired) electrons. The van der Waals surface area contributed by atoms with Crippen LogP contribution >= 0.6 is 0 Å². The summed E-state index contributed by atoms with van der Waals surface area (Å²) in [5.74, 6) is 0.0912. The summed E-state index contributed by atoms with van der Waals surface area (Å²) in [6.07, 6.45) is 5.24. The van der Waals surface area contributed by atoms with E-state index in [0.717, 1.165) is 53.3 Å². The summed E-state index contributed by atoms with van der Waals surface area (Å²) in [4.78, 5) is 24.1. The van der Waals surface area contributed by atoms with E-state index in [-0.39, 0.29) is 11.9 Å². The molecule has 3 N–H and O–H groups in total. The fourth-order valence-electron chi connectivity index (χ4n) is 5.03. The Morgan fingerprint density at radius 3 is 2.81 bits per heavy atom. The first-order valence-corrected chi connectivity index (χ1v) is 10.7. The van der Waals surface area contributed by atoms with Gasteiger partial charge in [-0.15, -0.1) is 0 Å². The Labute approximate surface area is 180 Å². The van der Waals surface area contributed by atoms with Gasteiger partial charge in [0, 0.05) is 55.5 Å². The number of aromatic nitrogens is 3. The van der Waals surface area contributed by atoms with Gasteiger partial charge in [0.25, 0.3) is 5.91 Å². The zero-order valence-corrected chi connectivity index (χ0v) is 17.9. The van der Waals surface area contributed by atoms with E-state index in [1.807, 2.05) is 29.8 Å². The number of benzene rings is 1. The summed E-state index contributed by atoms with van der Waals surface area (Å²) in [7, 11) is 3.52. The maximum absolute atomic E-state index is 13.6. The minimum absolute atomic E-state index is 0.0801. The quantitative estimate of drug-likeness (QED) is 0.671. The van der Waals surface area contributed by atoms with E-state index in [2.05, 4.69) is 9.97 Å². The number of ether oxygens (including phenoxy) is 1. The Hall–Kier alpha value is -2.97. The Balaban J connectivity index is 1.78. The van der Waals surface area contributed by atoms with Crippen molar-refractivity contribution >= 4 is 22.8 Å². The van der Waals surface area contributed by atoms with E-state index in [1.54, 1.807) is 18.2 Å². The van der Waals surface area contributed by atoms with E-state index >= 15 is 0 Å². The van der Waals surface area contributed by atoms with Crippen LogP contribution in [0.5, 0.6) is 0 Å². The van der Waals surface area contributed by atoms with Crippen molar-refractivity contribution in [2.24, 2.45) is 7.05 Å². The molecule has 1 saturated carbocycles. The smallest absolute Gasteiger partial charge is 0.271 e. The molecule has 0 bridgehead atoms. The number of carbonyl (C=O) groups is 1. The molecule has 1 aliphatic carbocycles. The molecule has 3 aromatic rings. The van der Waals surface area contributed by atoms with Crippen molar-refractivity contribution in [3.8, 4) is 11.3 Å². The van der Waals surface area contributed by atoms with Crippen LogP contribution in [0.2, 0.25) is 0 Å². The fraction of sp³-hybridized carbons (Fsp3) is 0.435. The molecule has 1 aliphatic heterocycles. The molecule has 162 valence electrons. The normalized spacial score (nSPS) is 17.6. The summed E-state index contributed by atoms with van der Waals surface area (Å²) >= 11 is 0. The molecule has 31 heavy (non-hydrogen) atoms. The van der Waals surface area contributed by atoms with Crippen molar-refractivity contribution in [1.29, 1.82) is 0 Å². The third-order valence-corrected chi connectivity index (χ3v) is 6.70. The van der Waals surface area contributed by atoms with Crippen molar-refractivity contribution in [3.05, 3.63) is 41.2 Å². The number of fused-ring (bicyclic) bond motifs is 5. The van der Waals surface area contributed by atoms with Gasteiger partial charge in [0.05, 0.1) is 17.9 Å². The number of nitrogen functional groups attached to an aromatic ring is 1. The molecule has 0 unspecified atom stereocenters. The second kappa shape index (κ2) is 7.32. The number of aliphatic hydroxyl groups is 1. The van der Waals surface area contributed by atoms with Gasteiger partial charge in [-0.3, -0.25) is 4.79 Å². The summed E-state index contributed by atoms with van der Waals surface area (Å²) in [5.41, 5.74) is 9.79. The standard InChI is InChI=1S/C23H27N5O3/c1-27-17-6-5-15(23(30)7-3-4-8-23)11-16(17)18-19-14(12-25-22(24)26-19)13-28(9-10-31-2)21(29)20(18)27/h5-6,11-12,30H,3-4,7-10,13H2,1-2H3,(H2,24,25,26). The van der Waals surface area contributed by atoms with Gasteiger partial charge >= 0.3 is 0 Å². The van der Waals surface area contributed by atoms with E-state index in [9.17, 15) is 9.90 Å². The van der Waals surface area contributed by atoms with Crippen LogP contribution in [-0.2, 0) is 23.9 Å². The van der Waals surface area contributed by atoms with Gasteiger partial charge in [0.2, 0.25) is 5.95 Å². The Bertz CT molecular complexity index is 1180. The van der Waals surface area contributed by atoms with Crippen LogP contribution in [0.1, 0.15) is 47.3 Å². The van der Waals surface area contributed by atoms with Crippen LogP contribution in [-0.4, -0.2) is 50.7 Å². The lowest BCUT2D eigenvalue weighted by Gasteiger charge is -2.23. The van der Waals surface area contributed by atoms with Crippen molar-refractivity contribution in [3.63, 3.8) is 0 Å². The third-order valence-electron chi connectivity index (χ3n) is 6.70. The maximum atomic E-state index is 13.6. The lowest BCUT2D eigenvalue weighted by molar-refractivity contribution is 0.0446. The number of hydrogen-bond donors (Lipinski definition) is 2. The molecule has 1 aromatic carbocycles. The van der Waals surface area contributed by atoms with Gasteiger partial charge in [-0.25, -0.2) is 9.97 Å². The maximum Gasteiger partial charge on any atom is 0.271 e. The highest BCUT2D eigenvalue weighted by Crippen LogP contribution is 2.43. The largest absolute Gasteiger partial charge is 0.385 e. The molecule has 0 spiro atoms. The van der Waals surface area contributed by atoms with Gasteiger partial charge in [-0.2, -0.15) is 0 Å². The fourth-order valence-corrected chi connectivity index (χ4v) is 5.03. The summed E-state index contributed by atoms with van der Waals surface area (Å²) in [6.45, 7) is 1.29. The zero-order valence-electron chi connectivity index (χ0n) is 17.9. The van der Waals surface area contributed by atoms with Gasteiger partial charge in [-0.1, -0.05) is 18.9 Å².